The Morgan fingerprint density at radius 3 is 3.00 bits per heavy atom. The Labute approximate surface area is 132 Å². The first-order valence-corrected chi connectivity index (χ1v) is 7.31. The van der Waals surface area contributed by atoms with Gasteiger partial charge in [-0.1, -0.05) is 12.1 Å². The van der Waals surface area contributed by atoms with E-state index in [-0.39, 0.29) is 12.7 Å². The van der Waals surface area contributed by atoms with Gasteiger partial charge in [0.05, 0.1) is 0 Å². The average molecular weight is 309 g/mol. The van der Waals surface area contributed by atoms with E-state index in [0.29, 0.717) is 18.0 Å². The first-order chi connectivity index (χ1) is 11.2. The fourth-order valence-corrected chi connectivity index (χ4v) is 2.54. The maximum absolute atomic E-state index is 12.3. The standard InChI is InChI=1S/C17H15N3O3/c1-11-2-5-16-19-13(9-20(16)8-11)17(21)18-7-12-3-4-14-15(6-12)23-10-22-14/h2-6,8-9H,7,10H2,1H3,(H,18,21). The van der Waals surface area contributed by atoms with Crippen molar-refractivity contribution in [3.05, 3.63) is 59.5 Å². The van der Waals surface area contributed by atoms with Crippen molar-refractivity contribution in [2.45, 2.75) is 13.5 Å². The van der Waals surface area contributed by atoms with Crippen LogP contribution in [0.1, 0.15) is 21.6 Å². The number of ether oxygens (including phenoxy) is 2. The molecule has 1 aliphatic heterocycles. The maximum atomic E-state index is 12.3. The molecule has 3 aromatic rings. The number of amides is 1. The molecule has 1 amide bonds. The number of aromatic nitrogens is 2. The predicted octanol–water partition coefficient (Wildman–Crippen LogP) is 2.30. The summed E-state index contributed by atoms with van der Waals surface area (Å²) >= 11 is 0. The second kappa shape index (κ2) is 5.31. The van der Waals surface area contributed by atoms with E-state index in [1.807, 2.05) is 47.9 Å². The smallest absolute Gasteiger partial charge is 0.271 e. The summed E-state index contributed by atoms with van der Waals surface area (Å²) in [6, 6.07) is 9.48. The van der Waals surface area contributed by atoms with E-state index >= 15 is 0 Å². The molecule has 0 bridgehead atoms. The van der Waals surface area contributed by atoms with Crippen molar-refractivity contribution in [3.8, 4) is 11.5 Å². The largest absolute Gasteiger partial charge is 0.454 e. The molecule has 2 aromatic heterocycles. The van der Waals surface area contributed by atoms with Crippen LogP contribution in [0.5, 0.6) is 11.5 Å². The van der Waals surface area contributed by atoms with Gasteiger partial charge in [-0.3, -0.25) is 4.79 Å². The van der Waals surface area contributed by atoms with Crippen molar-refractivity contribution in [1.82, 2.24) is 14.7 Å². The highest BCUT2D eigenvalue weighted by atomic mass is 16.7. The predicted molar refractivity (Wildman–Crippen MR) is 83.7 cm³/mol. The minimum atomic E-state index is -0.205. The fourth-order valence-electron chi connectivity index (χ4n) is 2.54. The Bertz CT molecular complexity index is 901. The van der Waals surface area contributed by atoms with Crippen LogP contribution in [0.3, 0.4) is 0 Å². The summed E-state index contributed by atoms with van der Waals surface area (Å²) in [5, 5.41) is 2.87. The minimum absolute atomic E-state index is 0.205. The summed E-state index contributed by atoms with van der Waals surface area (Å²) < 4.78 is 12.5. The summed E-state index contributed by atoms with van der Waals surface area (Å²) in [5.41, 5.74) is 3.21. The van der Waals surface area contributed by atoms with Gasteiger partial charge in [-0.2, -0.15) is 0 Å². The number of carbonyl (C=O) groups excluding carboxylic acids is 1. The van der Waals surface area contributed by atoms with Crippen LogP contribution < -0.4 is 14.8 Å². The highest BCUT2D eigenvalue weighted by Gasteiger charge is 2.14. The lowest BCUT2D eigenvalue weighted by Crippen LogP contribution is -2.23. The molecule has 0 spiro atoms. The summed E-state index contributed by atoms with van der Waals surface area (Å²) in [5.74, 6) is 1.24. The van der Waals surface area contributed by atoms with E-state index < -0.39 is 0 Å². The molecular formula is C17H15N3O3. The van der Waals surface area contributed by atoms with Gasteiger partial charge >= 0.3 is 0 Å². The molecule has 0 aliphatic carbocycles. The SMILES string of the molecule is Cc1ccc2nc(C(=O)NCc3ccc4c(c3)OCO4)cn2c1. The number of fused-ring (bicyclic) bond motifs is 2. The topological polar surface area (TPSA) is 64.9 Å². The van der Waals surface area contributed by atoms with Crippen LogP contribution in [-0.2, 0) is 6.54 Å². The van der Waals surface area contributed by atoms with E-state index in [1.54, 1.807) is 6.20 Å². The molecule has 1 N–H and O–H groups in total. The van der Waals surface area contributed by atoms with Gasteiger partial charge in [0.15, 0.2) is 11.5 Å². The second-order valence-electron chi connectivity index (χ2n) is 5.47. The van der Waals surface area contributed by atoms with Crippen LogP contribution in [0.25, 0.3) is 5.65 Å². The van der Waals surface area contributed by atoms with Crippen molar-refractivity contribution < 1.29 is 14.3 Å². The number of nitrogens with zero attached hydrogens (tertiary/aromatic N) is 2. The summed E-state index contributed by atoms with van der Waals surface area (Å²) in [6.45, 7) is 2.65. The van der Waals surface area contributed by atoms with Gasteiger partial charge in [0.1, 0.15) is 11.3 Å². The van der Waals surface area contributed by atoms with Gasteiger partial charge < -0.3 is 19.2 Å². The zero-order valence-corrected chi connectivity index (χ0v) is 12.6. The molecule has 0 saturated carbocycles. The molecule has 1 aromatic carbocycles. The lowest BCUT2D eigenvalue weighted by molar-refractivity contribution is 0.0946. The molecule has 116 valence electrons. The number of pyridine rings is 1. The highest BCUT2D eigenvalue weighted by Crippen LogP contribution is 2.32. The van der Waals surface area contributed by atoms with E-state index in [0.717, 1.165) is 22.5 Å². The van der Waals surface area contributed by atoms with Crippen LogP contribution in [0.15, 0.2) is 42.7 Å². The van der Waals surface area contributed by atoms with Gasteiger partial charge in [0, 0.05) is 18.9 Å². The summed E-state index contributed by atoms with van der Waals surface area (Å²) in [7, 11) is 0. The number of aryl methyl sites for hydroxylation is 1. The number of rotatable bonds is 3. The summed E-state index contributed by atoms with van der Waals surface area (Å²) in [4.78, 5) is 16.6. The number of nitrogens with one attached hydrogen (secondary N) is 1. The van der Waals surface area contributed by atoms with Gasteiger partial charge in [0.25, 0.3) is 5.91 Å². The normalized spacial score (nSPS) is 12.6. The van der Waals surface area contributed by atoms with Crippen molar-refractivity contribution in [2.75, 3.05) is 6.79 Å². The van der Waals surface area contributed by atoms with Crippen molar-refractivity contribution >= 4 is 11.6 Å². The summed E-state index contributed by atoms with van der Waals surface area (Å²) in [6.07, 6.45) is 3.67. The van der Waals surface area contributed by atoms with Gasteiger partial charge in [-0.25, -0.2) is 4.98 Å². The first-order valence-electron chi connectivity index (χ1n) is 7.31. The number of hydrogen-bond acceptors (Lipinski definition) is 4. The van der Waals surface area contributed by atoms with Crippen molar-refractivity contribution in [2.24, 2.45) is 0 Å². The zero-order valence-electron chi connectivity index (χ0n) is 12.6. The fraction of sp³-hybridized carbons (Fsp3) is 0.176. The molecule has 0 unspecified atom stereocenters. The van der Waals surface area contributed by atoms with Crippen molar-refractivity contribution in [1.29, 1.82) is 0 Å². The van der Waals surface area contributed by atoms with Crippen LogP contribution in [0.2, 0.25) is 0 Å². The number of hydrogen-bond donors (Lipinski definition) is 1. The van der Waals surface area contributed by atoms with E-state index in [9.17, 15) is 4.79 Å². The molecule has 0 fully saturated rings. The molecule has 0 radical (unpaired) electrons. The molecule has 1 aliphatic rings. The third kappa shape index (κ3) is 2.59. The third-order valence-electron chi connectivity index (χ3n) is 3.72. The molecule has 0 saturated heterocycles. The Balaban J connectivity index is 1.48. The van der Waals surface area contributed by atoms with Gasteiger partial charge in [-0.15, -0.1) is 0 Å². The Morgan fingerprint density at radius 2 is 2.09 bits per heavy atom. The van der Waals surface area contributed by atoms with Crippen molar-refractivity contribution in [3.63, 3.8) is 0 Å². The van der Waals surface area contributed by atoms with Gasteiger partial charge in [0.2, 0.25) is 6.79 Å². The molecule has 4 rings (SSSR count). The van der Waals surface area contributed by atoms with Crippen LogP contribution in [0, 0.1) is 6.92 Å². The van der Waals surface area contributed by atoms with Crippen LogP contribution in [0.4, 0.5) is 0 Å². The Morgan fingerprint density at radius 1 is 1.22 bits per heavy atom. The molecule has 3 heterocycles. The van der Waals surface area contributed by atoms with E-state index in [2.05, 4.69) is 10.3 Å². The quantitative estimate of drug-likeness (QED) is 0.806. The number of benzene rings is 1. The molecular weight excluding hydrogens is 294 g/mol. The zero-order chi connectivity index (χ0) is 15.8. The average Bonchev–Trinajstić information content (AvgIpc) is 3.17. The van der Waals surface area contributed by atoms with E-state index in [4.69, 9.17) is 9.47 Å². The Kier molecular flexibility index (Phi) is 3.15. The number of imidazole rings is 1. The minimum Gasteiger partial charge on any atom is -0.454 e. The van der Waals surface area contributed by atoms with Gasteiger partial charge in [-0.05, 0) is 36.2 Å². The lowest BCUT2D eigenvalue weighted by atomic mass is 10.2. The maximum Gasteiger partial charge on any atom is 0.271 e. The monoisotopic (exact) mass is 309 g/mol. The van der Waals surface area contributed by atoms with E-state index in [1.165, 1.54) is 0 Å². The number of carbonyl (C=O) groups is 1. The third-order valence-corrected chi connectivity index (χ3v) is 3.72. The second-order valence-corrected chi connectivity index (χ2v) is 5.47. The molecule has 6 heteroatoms. The van der Waals surface area contributed by atoms with Crippen LogP contribution in [-0.4, -0.2) is 22.1 Å². The highest BCUT2D eigenvalue weighted by molar-refractivity contribution is 5.92. The first kappa shape index (κ1) is 13.6. The molecule has 6 nitrogen and oxygen atoms in total. The molecule has 23 heavy (non-hydrogen) atoms. The molecule has 0 atom stereocenters. The van der Waals surface area contributed by atoms with Crippen LogP contribution >= 0.6 is 0 Å². The Hall–Kier alpha value is -3.02. The lowest BCUT2D eigenvalue weighted by Gasteiger charge is -2.04.